The molecule has 6 heterocycles. The van der Waals surface area contributed by atoms with Crippen molar-refractivity contribution in [2.24, 2.45) is 0 Å². The maximum absolute atomic E-state index is 4.84. The van der Waals surface area contributed by atoms with Gasteiger partial charge in [-0.05, 0) is 81.9 Å². The van der Waals surface area contributed by atoms with Crippen molar-refractivity contribution in [3.05, 3.63) is 183 Å². The fraction of sp³-hybridized carbons (Fsp3) is 0. The Morgan fingerprint density at radius 1 is 0.241 bits per heavy atom. The first kappa shape index (κ1) is 32.3. The predicted octanol–water partition coefficient (Wildman–Crippen LogP) is 10.2. The van der Waals surface area contributed by atoms with Gasteiger partial charge in [-0.15, -0.1) is 0 Å². The summed E-state index contributed by atoms with van der Waals surface area (Å²) in [4.78, 5) is 36.2. The van der Waals surface area contributed by atoms with Gasteiger partial charge in [0.15, 0.2) is 0 Å². The van der Waals surface area contributed by atoms with E-state index in [1.165, 1.54) is 0 Å². The number of hydrogen-bond acceptors (Lipinski definition) is 8. The van der Waals surface area contributed by atoms with E-state index in [9.17, 15) is 0 Å². The second-order valence-electron chi connectivity index (χ2n) is 12.6. The molecule has 0 bridgehead atoms. The fourth-order valence-electron chi connectivity index (χ4n) is 6.54. The number of aromatic nitrogens is 8. The Hall–Kier alpha value is -7.58. The zero-order valence-electron chi connectivity index (χ0n) is 28.9. The molecule has 0 aliphatic carbocycles. The Morgan fingerprint density at radius 3 is 0.981 bits per heavy atom. The van der Waals surface area contributed by atoms with Crippen molar-refractivity contribution in [1.29, 1.82) is 0 Å². The largest absolute Gasteiger partial charge is 0.261 e. The van der Waals surface area contributed by atoms with Crippen LogP contribution in [0.2, 0.25) is 0 Å². The normalized spacial score (nSPS) is 11.0. The third kappa shape index (κ3) is 6.63. The van der Waals surface area contributed by atoms with Crippen LogP contribution in [0, 0.1) is 0 Å². The van der Waals surface area contributed by atoms with Gasteiger partial charge in [0, 0.05) is 71.8 Å². The highest BCUT2D eigenvalue weighted by atomic mass is 14.8. The maximum atomic E-state index is 4.84. The molecule has 6 aromatic heterocycles. The summed E-state index contributed by atoms with van der Waals surface area (Å²) in [6.45, 7) is 0. The molecule has 0 atom stereocenters. The van der Waals surface area contributed by atoms with Gasteiger partial charge in [0.2, 0.25) is 0 Å². The van der Waals surface area contributed by atoms with E-state index in [1.807, 2.05) is 73.3 Å². The van der Waals surface area contributed by atoms with Gasteiger partial charge in [0.05, 0.1) is 35.2 Å². The van der Waals surface area contributed by atoms with E-state index in [0.717, 1.165) is 78.4 Å². The molecular formula is C46H30N8. The first-order valence-corrected chi connectivity index (χ1v) is 17.4. The molecule has 8 heteroatoms. The molecule has 0 aliphatic rings. The van der Waals surface area contributed by atoms with Crippen molar-refractivity contribution >= 4 is 0 Å². The highest BCUT2D eigenvalue weighted by Crippen LogP contribution is 2.43. The van der Waals surface area contributed by atoms with Gasteiger partial charge in [-0.3, -0.25) is 39.9 Å². The first-order valence-electron chi connectivity index (χ1n) is 17.4. The highest BCUT2D eigenvalue weighted by Gasteiger charge is 2.18. The average Bonchev–Trinajstić information content (AvgIpc) is 3.27. The van der Waals surface area contributed by atoms with Crippen molar-refractivity contribution in [1.82, 2.24) is 39.9 Å². The summed E-state index contributed by atoms with van der Waals surface area (Å²) in [5, 5.41) is 0. The molecule has 8 nitrogen and oxygen atoms in total. The minimum absolute atomic E-state index is 0.717. The third-order valence-corrected chi connectivity index (χ3v) is 9.27. The van der Waals surface area contributed by atoms with Crippen molar-refractivity contribution in [3.8, 4) is 89.8 Å². The standard InChI is InChI=1S/C46H30N8/c1-3-19-49-41(5-1)33-11-7-31(8-12-33)37-25-38(32-9-13-34(14-10-32)42-6-2-4-20-50-42)40(36-16-18-44(54-28-36)46-30-48-22-24-52-46)26-39(37)35-15-17-43(53-27-35)45-29-47-21-23-51-45/h1-30H. The molecule has 0 fully saturated rings. The van der Waals surface area contributed by atoms with E-state index in [0.29, 0.717) is 11.4 Å². The van der Waals surface area contributed by atoms with Crippen LogP contribution >= 0.6 is 0 Å². The summed E-state index contributed by atoms with van der Waals surface area (Å²) in [6.07, 6.45) is 17.6. The first-order chi connectivity index (χ1) is 26.8. The SMILES string of the molecule is c1ccc(-c2ccc(-c3cc(-c4ccc(-c5ccccn5)cc4)c(-c4ccc(-c5cnccn5)nc4)cc3-c3ccc(-c4cnccn4)nc3)cc2)nc1. The molecule has 0 N–H and O–H groups in total. The van der Waals surface area contributed by atoms with Crippen LogP contribution in [0.5, 0.6) is 0 Å². The smallest absolute Gasteiger partial charge is 0.107 e. The molecule has 9 aromatic rings. The second kappa shape index (κ2) is 14.6. The molecule has 0 amide bonds. The molecule has 0 saturated heterocycles. The van der Waals surface area contributed by atoms with Crippen LogP contribution in [-0.2, 0) is 0 Å². The zero-order valence-corrected chi connectivity index (χ0v) is 28.9. The summed E-state index contributed by atoms with van der Waals surface area (Å²) in [6, 6.07) is 41.8. The van der Waals surface area contributed by atoms with E-state index in [4.69, 9.17) is 9.97 Å². The van der Waals surface area contributed by atoms with E-state index in [1.54, 1.807) is 37.2 Å². The molecule has 254 valence electrons. The maximum Gasteiger partial charge on any atom is 0.107 e. The summed E-state index contributed by atoms with van der Waals surface area (Å²) < 4.78 is 0. The van der Waals surface area contributed by atoms with Crippen molar-refractivity contribution in [2.75, 3.05) is 0 Å². The number of rotatable bonds is 8. The Bertz CT molecular complexity index is 2260. The van der Waals surface area contributed by atoms with E-state index in [2.05, 4.69) is 103 Å². The Labute approximate surface area is 312 Å². The van der Waals surface area contributed by atoms with Crippen LogP contribution in [0.4, 0.5) is 0 Å². The molecule has 9 rings (SSSR count). The zero-order chi connectivity index (χ0) is 36.1. The van der Waals surface area contributed by atoms with Crippen LogP contribution in [0.1, 0.15) is 0 Å². The number of nitrogens with zero attached hydrogens (tertiary/aromatic N) is 8. The lowest BCUT2D eigenvalue weighted by Crippen LogP contribution is -1.95. The Balaban J connectivity index is 1.23. The topological polar surface area (TPSA) is 103 Å². The molecule has 0 aliphatic heterocycles. The van der Waals surface area contributed by atoms with Gasteiger partial charge in [-0.25, -0.2) is 0 Å². The van der Waals surface area contributed by atoms with Crippen LogP contribution in [-0.4, -0.2) is 39.9 Å². The predicted molar refractivity (Wildman–Crippen MR) is 212 cm³/mol. The number of benzene rings is 3. The summed E-state index contributed by atoms with van der Waals surface area (Å²) in [7, 11) is 0. The van der Waals surface area contributed by atoms with Crippen molar-refractivity contribution < 1.29 is 0 Å². The minimum atomic E-state index is 0.717. The minimum Gasteiger partial charge on any atom is -0.261 e. The number of hydrogen-bond donors (Lipinski definition) is 0. The van der Waals surface area contributed by atoms with Crippen LogP contribution in [0.15, 0.2) is 183 Å². The monoisotopic (exact) mass is 694 g/mol. The Kier molecular flexibility index (Phi) is 8.73. The van der Waals surface area contributed by atoms with Gasteiger partial charge in [0.1, 0.15) is 11.4 Å². The Morgan fingerprint density at radius 2 is 0.630 bits per heavy atom. The fourth-order valence-corrected chi connectivity index (χ4v) is 6.54. The summed E-state index contributed by atoms with van der Waals surface area (Å²) in [5.74, 6) is 0. The molecule has 0 spiro atoms. The lowest BCUT2D eigenvalue weighted by atomic mass is 9.85. The van der Waals surface area contributed by atoms with Gasteiger partial charge >= 0.3 is 0 Å². The number of pyridine rings is 4. The lowest BCUT2D eigenvalue weighted by Gasteiger charge is -2.19. The molecule has 0 radical (unpaired) electrons. The molecule has 0 unspecified atom stereocenters. The quantitative estimate of drug-likeness (QED) is 0.155. The van der Waals surface area contributed by atoms with Crippen molar-refractivity contribution in [2.45, 2.75) is 0 Å². The highest BCUT2D eigenvalue weighted by molar-refractivity contribution is 5.95. The second-order valence-corrected chi connectivity index (χ2v) is 12.6. The summed E-state index contributed by atoms with van der Waals surface area (Å²) >= 11 is 0. The molecule has 3 aromatic carbocycles. The van der Waals surface area contributed by atoms with E-state index >= 15 is 0 Å². The third-order valence-electron chi connectivity index (χ3n) is 9.27. The van der Waals surface area contributed by atoms with Crippen LogP contribution < -0.4 is 0 Å². The van der Waals surface area contributed by atoms with Gasteiger partial charge in [-0.2, -0.15) is 0 Å². The molecule has 0 saturated carbocycles. The average molecular weight is 695 g/mol. The van der Waals surface area contributed by atoms with E-state index < -0.39 is 0 Å². The van der Waals surface area contributed by atoms with Crippen LogP contribution in [0.3, 0.4) is 0 Å². The van der Waals surface area contributed by atoms with Crippen LogP contribution in [0.25, 0.3) is 89.8 Å². The van der Waals surface area contributed by atoms with Gasteiger partial charge in [0.25, 0.3) is 0 Å². The van der Waals surface area contributed by atoms with Gasteiger partial charge < -0.3 is 0 Å². The van der Waals surface area contributed by atoms with Gasteiger partial charge in [-0.1, -0.05) is 72.8 Å². The summed E-state index contributed by atoms with van der Waals surface area (Å²) in [5.41, 5.74) is 15.1. The van der Waals surface area contributed by atoms with Crippen molar-refractivity contribution in [3.63, 3.8) is 0 Å². The molecule has 54 heavy (non-hydrogen) atoms. The molecular weight excluding hydrogens is 665 g/mol. The lowest BCUT2D eigenvalue weighted by molar-refractivity contribution is 1.17. The van der Waals surface area contributed by atoms with E-state index in [-0.39, 0.29) is 0 Å².